The number of hydrogen-bond donors (Lipinski definition) is 1. The zero-order valence-electron chi connectivity index (χ0n) is 9.75. The average Bonchev–Trinajstić information content (AvgIpc) is 2.29. The van der Waals surface area contributed by atoms with Crippen molar-refractivity contribution in [2.24, 2.45) is 5.92 Å². The first kappa shape index (κ1) is 11.9. The van der Waals surface area contributed by atoms with Gasteiger partial charge in [0.2, 0.25) is 0 Å². The molecular formula is C14H19ClO. The molecule has 0 saturated heterocycles. The van der Waals surface area contributed by atoms with Crippen LogP contribution in [0.5, 0.6) is 0 Å². The Labute approximate surface area is 102 Å². The van der Waals surface area contributed by atoms with E-state index < -0.39 is 0 Å². The van der Waals surface area contributed by atoms with Crippen molar-refractivity contribution in [3.8, 4) is 0 Å². The van der Waals surface area contributed by atoms with Crippen molar-refractivity contribution in [3.63, 3.8) is 0 Å². The second-order valence-corrected chi connectivity index (χ2v) is 5.28. The molecular weight excluding hydrogens is 220 g/mol. The molecule has 2 rings (SSSR count). The molecule has 0 radical (unpaired) electrons. The number of aliphatic hydroxyl groups is 1. The van der Waals surface area contributed by atoms with Gasteiger partial charge in [-0.3, -0.25) is 0 Å². The number of aryl methyl sites for hydroxylation is 1. The molecule has 1 fully saturated rings. The summed E-state index contributed by atoms with van der Waals surface area (Å²) in [6.07, 6.45) is 5.84. The molecule has 2 heteroatoms. The number of benzene rings is 1. The maximum Gasteiger partial charge on any atom is 0.0820 e. The summed E-state index contributed by atoms with van der Waals surface area (Å²) < 4.78 is 0. The van der Waals surface area contributed by atoms with Crippen LogP contribution >= 0.6 is 11.6 Å². The van der Waals surface area contributed by atoms with Gasteiger partial charge in [-0.25, -0.2) is 0 Å². The first-order chi connectivity index (χ1) is 7.68. The molecule has 0 amide bonds. The normalized spacial score (nSPS) is 19.7. The van der Waals surface area contributed by atoms with Crippen LogP contribution in [-0.4, -0.2) is 5.11 Å². The van der Waals surface area contributed by atoms with E-state index in [1.54, 1.807) is 0 Å². The summed E-state index contributed by atoms with van der Waals surface area (Å²) in [5, 5.41) is 11.1. The molecule has 1 unspecified atom stereocenters. The Kier molecular flexibility index (Phi) is 3.88. The average molecular weight is 239 g/mol. The van der Waals surface area contributed by atoms with Gasteiger partial charge < -0.3 is 5.11 Å². The fourth-order valence-electron chi connectivity index (χ4n) is 2.67. The van der Waals surface area contributed by atoms with Gasteiger partial charge in [0.15, 0.2) is 0 Å². The minimum absolute atomic E-state index is 0.308. The number of hydrogen-bond acceptors (Lipinski definition) is 1. The summed E-state index contributed by atoms with van der Waals surface area (Å²) >= 11 is 5.93. The fourth-order valence-corrected chi connectivity index (χ4v) is 2.90. The van der Waals surface area contributed by atoms with E-state index in [4.69, 9.17) is 11.6 Å². The highest BCUT2D eigenvalue weighted by Crippen LogP contribution is 2.35. The minimum Gasteiger partial charge on any atom is -0.388 e. The molecule has 0 spiro atoms. The molecule has 1 aliphatic rings. The van der Waals surface area contributed by atoms with Gasteiger partial charge in [0.1, 0.15) is 0 Å². The van der Waals surface area contributed by atoms with E-state index >= 15 is 0 Å². The molecule has 0 heterocycles. The van der Waals surface area contributed by atoms with E-state index in [2.05, 4.69) is 0 Å². The van der Waals surface area contributed by atoms with Gasteiger partial charge in [-0.05, 0) is 48.9 Å². The standard InChI is InChI=1S/C14H19ClO/c1-10-9-12(15)7-8-13(10)14(16)11-5-3-2-4-6-11/h7-9,11,14,16H,2-6H2,1H3. The van der Waals surface area contributed by atoms with Gasteiger partial charge in [0.05, 0.1) is 6.10 Å². The molecule has 1 aliphatic carbocycles. The number of rotatable bonds is 2. The molecule has 88 valence electrons. The third-order valence-electron chi connectivity index (χ3n) is 3.65. The first-order valence-electron chi connectivity index (χ1n) is 6.12. The highest BCUT2D eigenvalue weighted by Gasteiger charge is 2.23. The van der Waals surface area contributed by atoms with Gasteiger partial charge in [0, 0.05) is 5.02 Å². The van der Waals surface area contributed by atoms with Crippen LogP contribution in [0.25, 0.3) is 0 Å². The zero-order valence-corrected chi connectivity index (χ0v) is 10.5. The summed E-state index contributed by atoms with van der Waals surface area (Å²) in [5.41, 5.74) is 2.15. The number of halogens is 1. The first-order valence-corrected chi connectivity index (χ1v) is 6.50. The van der Waals surface area contributed by atoms with Gasteiger partial charge in [-0.15, -0.1) is 0 Å². The van der Waals surface area contributed by atoms with Gasteiger partial charge >= 0.3 is 0 Å². The monoisotopic (exact) mass is 238 g/mol. The molecule has 1 saturated carbocycles. The lowest BCUT2D eigenvalue weighted by Gasteiger charge is -2.27. The van der Waals surface area contributed by atoms with Crippen molar-refractivity contribution in [1.29, 1.82) is 0 Å². The summed E-state index contributed by atoms with van der Waals surface area (Å²) in [7, 11) is 0. The predicted octanol–water partition coefficient (Wildman–Crippen LogP) is 4.26. The largest absolute Gasteiger partial charge is 0.388 e. The van der Waals surface area contributed by atoms with Crippen LogP contribution in [0.1, 0.15) is 49.3 Å². The maximum absolute atomic E-state index is 10.4. The fraction of sp³-hybridized carbons (Fsp3) is 0.571. The molecule has 1 nitrogen and oxygen atoms in total. The van der Waals surface area contributed by atoms with E-state index in [1.807, 2.05) is 25.1 Å². The zero-order chi connectivity index (χ0) is 11.5. The lowest BCUT2D eigenvalue weighted by molar-refractivity contribution is 0.0843. The Hall–Kier alpha value is -0.530. The molecule has 1 aromatic rings. The smallest absolute Gasteiger partial charge is 0.0820 e. The minimum atomic E-state index is -0.308. The molecule has 1 aromatic carbocycles. The Morgan fingerprint density at radius 1 is 1.25 bits per heavy atom. The van der Waals surface area contributed by atoms with Crippen molar-refractivity contribution in [1.82, 2.24) is 0 Å². The third kappa shape index (κ3) is 2.58. The third-order valence-corrected chi connectivity index (χ3v) is 3.88. The van der Waals surface area contributed by atoms with Crippen molar-refractivity contribution in [2.45, 2.75) is 45.1 Å². The van der Waals surface area contributed by atoms with Crippen LogP contribution in [0.3, 0.4) is 0 Å². The van der Waals surface area contributed by atoms with Crippen LogP contribution in [0.2, 0.25) is 5.02 Å². The van der Waals surface area contributed by atoms with Crippen molar-refractivity contribution in [2.75, 3.05) is 0 Å². The van der Waals surface area contributed by atoms with Gasteiger partial charge in [0.25, 0.3) is 0 Å². The van der Waals surface area contributed by atoms with Crippen molar-refractivity contribution >= 4 is 11.6 Å². The summed E-state index contributed by atoms with van der Waals surface area (Å²) in [6.45, 7) is 2.02. The summed E-state index contributed by atoms with van der Waals surface area (Å²) in [5.74, 6) is 0.439. The SMILES string of the molecule is Cc1cc(Cl)ccc1C(O)C1CCCCC1. The summed E-state index contributed by atoms with van der Waals surface area (Å²) in [4.78, 5) is 0. The molecule has 0 aliphatic heterocycles. The predicted molar refractivity (Wildman–Crippen MR) is 67.7 cm³/mol. The second kappa shape index (κ2) is 5.20. The Bertz CT molecular complexity index is 356. The molecule has 0 bridgehead atoms. The second-order valence-electron chi connectivity index (χ2n) is 4.84. The van der Waals surface area contributed by atoms with E-state index in [9.17, 15) is 5.11 Å². The van der Waals surface area contributed by atoms with Crippen LogP contribution in [0.4, 0.5) is 0 Å². The van der Waals surface area contributed by atoms with Crippen LogP contribution in [0, 0.1) is 12.8 Å². The summed E-state index contributed by atoms with van der Waals surface area (Å²) in [6, 6.07) is 5.77. The Morgan fingerprint density at radius 3 is 2.56 bits per heavy atom. The van der Waals surface area contributed by atoms with Gasteiger partial charge in [-0.1, -0.05) is 36.9 Å². The van der Waals surface area contributed by atoms with Crippen molar-refractivity contribution in [3.05, 3.63) is 34.3 Å². The molecule has 16 heavy (non-hydrogen) atoms. The lowest BCUT2D eigenvalue weighted by atomic mass is 9.82. The lowest BCUT2D eigenvalue weighted by Crippen LogP contribution is -2.16. The van der Waals surface area contributed by atoms with Crippen molar-refractivity contribution < 1.29 is 5.11 Å². The number of aliphatic hydroxyl groups excluding tert-OH is 1. The Balaban J connectivity index is 2.15. The molecule has 0 aromatic heterocycles. The quantitative estimate of drug-likeness (QED) is 0.816. The van der Waals surface area contributed by atoms with Crippen LogP contribution in [0.15, 0.2) is 18.2 Å². The van der Waals surface area contributed by atoms with Gasteiger partial charge in [-0.2, -0.15) is 0 Å². The van der Waals surface area contributed by atoms with Crippen LogP contribution in [-0.2, 0) is 0 Å². The topological polar surface area (TPSA) is 20.2 Å². The van der Waals surface area contributed by atoms with E-state index in [0.29, 0.717) is 5.92 Å². The van der Waals surface area contributed by atoms with E-state index in [1.165, 1.54) is 19.3 Å². The van der Waals surface area contributed by atoms with E-state index in [-0.39, 0.29) is 6.10 Å². The Morgan fingerprint density at radius 2 is 1.94 bits per heavy atom. The highest BCUT2D eigenvalue weighted by atomic mass is 35.5. The molecule has 1 N–H and O–H groups in total. The highest BCUT2D eigenvalue weighted by molar-refractivity contribution is 6.30. The van der Waals surface area contributed by atoms with E-state index in [0.717, 1.165) is 29.0 Å². The maximum atomic E-state index is 10.4. The molecule has 1 atom stereocenters. The van der Waals surface area contributed by atoms with Crippen LogP contribution < -0.4 is 0 Å².